The molecule has 0 atom stereocenters. The Labute approximate surface area is 161 Å². The topological polar surface area (TPSA) is 103 Å². The molecule has 4 rings (SSSR count). The summed E-state index contributed by atoms with van der Waals surface area (Å²) in [6, 6.07) is 1.78. The number of ether oxygens (including phenoxy) is 1. The van der Waals surface area contributed by atoms with E-state index in [-0.39, 0.29) is 5.82 Å². The molecule has 0 amide bonds. The van der Waals surface area contributed by atoms with Gasteiger partial charge in [-0.1, -0.05) is 23.4 Å². The van der Waals surface area contributed by atoms with Gasteiger partial charge in [0.05, 0.1) is 17.8 Å². The fourth-order valence-electron chi connectivity index (χ4n) is 3.49. The largest absolute Gasteiger partial charge is 0.382 e. The van der Waals surface area contributed by atoms with E-state index in [1.165, 1.54) is 18.2 Å². The number of nitrogens with zero attached hydrogens (tertiary/aromatic N) is 4. The lowest BCUT2D eigenvalue weighted by atomic mass is 9.78. The lowest BCUT2D eigenvalue weighted by molar-refractivity contribution is 0.133. The van der Waals surface area contributed by atoms with E-state index >= 15 is 0 Å². The Morgan fingerprint density at radius 2 is 1.96 bits per heavy atom. The van der Waals surface area contributed by atoms with Crippen molar-refractivity contribution in [2.45, 2.75) is 29.2 Å². The maximum absolute atomic E-state index is 6.19. The maximum Gasteiger partial charge on any atom is 0.158 e. The first-order chi connectivity index (χ1) is 12.6. The van der Waals surface area contributed by atoms with Crippen molar-refractivity contribution in [3.8, 4) is 0 Å². The van der Waals surface area contributed by atoms with E-state index in [1.807, 2.05) is 0 Å². The minimum atomic E-state index is 0.290. The van der Waals surface area contributed by atoms with Crippen LogP contribution in [-0.4, -0.2) is 41.3 Å². The van der Waals surface area contributed by atoms with Gasteiger partial charge in [0.1, 0.15) is 16.7 Å². The molecule has 2 saturated heterocycles. The Hall–Kier alpha value is -1.77. The number of anilines is 3. The highest BCUT2D eigenvalue weighted by molar-refractivity contribution is 7.99. The Bertz CT molecular complexity index is 804. The fourth-order valence-corrected chi connectivity index (χ4v) is 4.51. The fraction of sp³-hybridized carbons (Fsp3) is 0.471. The van der Waals surface area contributed by atoms with Gasteiger partial charge >= 0.3 is 0 Å². The summed E-state index contributed by atoms with van der Waals surface area (Å²) in [6.45, 7) is 3.69. The molecule has 0 radical (unpaired) electrons. The Kier molecular flexibility index (Phi) is 4.81. The highest BCUT2D eigenvalue weighted by Crippen LogP contribution is 2.40. The van der Waals surface area contributed by atoms with Crippen molar-refractivity contribution in [2.24, 2.45) is 5.41 Å². The molecule has 4 heterocycles. The molecule has 0 aromatic carbocycles. The van der Waals surface area contributed by atoms with E-state index in [0.29, 0.717) is 21.3 Å². The minimum absolute atomic E-state index is 0.290. The van der Waals surface area contributed by atoms with Gasteiger partial charge in [-0.25, -0.2) is 15.0 Å². The molecule has 0 saturated carbocycles. The van der Waals surface area contributed by atoms with Crippen LogP contribution >= 0.6 is 23.4 Å². The minimum Gasteiger partial charge on any atom is -0.382 e. The lowest BCUT2D eigenvalue weighted by Gasteiger charge is -2.38. The molecule has 2 aromatic rings. The third-order valence-corrected chi connectivity index (χ3v) is 6.75. The molecule has 0 bridgehead atoms. The summed E-state index contributed by atoms with van der Waals surface area (Å²) >= 11 is 7.53. The molecule has 2 fully saturated rings. The second-order valence-corrected chi connectivity index (χ2v) is 8.23. The van der Waals surface area contributed by atoms with Crippen molar-refractivity contribution in [3.63, 3.8) is 0 Å². The molecule has 2 aromatic heterocycles. The van der Waals surface area contributed by atoms with E-state index in [2.05, 4.69) is 19.9 Å². The van der Waals surface area contributed by atoms with Crippen LogP contribution in [-0.2, 0) is 4.74 Å². The molecule has 2 aliphatic heterocycles. The molecular weight excluding hydrogens is 372 g/mol. The van der Waals surface area contributed by atoms with Crippen molar-refractivity contribution < 1.29 is 4.74 Å². The van der Waals surface area contributed by atoms with Crippen LogP contribution in [0.1, 0.15) is 19.3 Å². The van der Waals surface area contributed by atoms with Crippen LogP contribution < -0.4 is 16.4 Å². The molecule has 1 spiro atoms. The van der Waals surface area contributed by atoms with E-state index in [0.717, 1.165) is 49.9 Å². The zero-order chi connectivity index (χ0) is 18.1. The molecule has 9 heteroatoms. The van der Waals surface area contributed by atoms with Crippen molar-refractivity contribution in [1.29, 1.82) is 0 Å². The van der Waals surface area contributed by atoms with Gasteiger partial charge in [-0.15, -0.1) is 0 Å². The number of piperidine rings is 1. The molecule has 7 nitrogen and oxygen atoms in total. The Morgan fingerprint density at radius 1 is 1.15 bits per heavy atom. The zero-order valence-electron chi connectivity index (χ0n) is 14.3. The second-order valence-electron chi connectivity index (χ2n) is 6.82. The quantitative estimate of drug-likeness (QED) is 0.821. The van der Waals surface area contributed by atoms with Gasteiger partial charge in [0, 0.05) is 30.8 Å². The molecule has 4 N–H and O–H groups in total. The standard InChI is InChI=1S/C17H21ClN6OS/c18-13-11(1-5-21-14(13)19)26-16-15(20)23-12(9-22-16)24-6-2-17(3-7-24)4-8-25-10-17/h1,5,9H,2-4,6-8,10H2,(H2,19,21)(H2,20,23). The number of nitrogens with two attached hydrogens (primary N) is 2. The van der Waals surface area contributed by atoms with Crippen LogP contribution in [0, 0.1) is 5.41 Å². The van der Waals surface area contributed by atoms with Crippen molar-refractivity contribution in [3.05, 3.63) is 23.5 Å². The normalized spacial score (nSPS) is 19.2. The van der Waals surface area contributed by atoms with Crippen LogP contribution in [0.25, 0.3) is 0 Å². The molecule has 26 heavy (non-hydrogen) atoms. The summed E-state index contributed by atoms with van der Waals surface area (Å²) in [5.74, 6) is 1.50. The molecular formula is C17H21ClN6OS. The number of nitrogen functional groups attached to an aromatic ring is 2. The first kappa shape index (κ1) is 17.6. The second kappa shape index (κ2) is 7.09. The number of aromatic nitrogens is 3. The Morgan fingerprint density at radius 3 is 2.65 bits per heavy atom. The first-order valence-electron chi connectivity index (χ1n) is 8.59. The van der Waals surface area contributed by atoms with Crippen molar-refractivity contribution in [1.82, 2.24) is 15.0 Å². The van der Waals surface area contributed by atoms with Gasteiger partial charge in [0.25, 0.3) is 0 Å². The van der Waals surface area contributed by atoms with Gasteiger partial charge in [-0.05, 0) is 30.7 Å². The van der Waals surface area contributed by atoms with E-state index in [1.54, 1.807) is 18.5 Å². The first-order valence-corrected chi connectivity index (χ1v) is 9.79. The summed E-state index contributed by atoms with van der Waals surface area (Å²) < 4.78 is 5.59. The molecule has 138 valence electrons. The van der Waals surface area contributed by atoms with Gasteiger partial charge in [0.2, 0.25) is 0 Å². The third kappa shape index (κ3) is 3.41. The number of halogens is 1. The van der Waals surface area contributed by atoms with E-state index in [4.69, 9.17) is 27.8 Å². The SMILES string of the molecule is Nc1nc(N2CCC3(CCOC3)CC2)cnc1Sc1ccnc(N)c1Cl. The molecule has 2 aliphatic rings. The highest BCUT2D eigenvalue weighted by Gasteiger charge is 2.38. The smallest absolute Gasteiger partial charge is 0.158 e. The van der Waals surface area contributed by atoms with Crippen molar-refractivity contribution in [2.75, 3.05) is 42.7 Å². The van der Waals surface area contributed by atoms with Crippen LogP contribution in [0.5, 0.6) is 0 Å². The summed E-state index contributed by atoms with van der Waals surface area (Å²) in [5, 5.41) is 1.02. The predicted molar refractivity (Wildman–Crippen MR) is 104 cm³/mol. The van der Waals surface area contributed by atoms with Gasteiger partial charge in [-0.2, -0.15) is 0 Å². The van der Waals surface area contributed by atoms with Crippen LogP contribution in [0.4, 0.5) is 17.5 Å². The number of hydrogen-bond donors (Lipinski definition) is 2. The van der Waals surface area contributed by atoms with Crippen LogP contribution in [0.15, 0.2) is 28.4 Å². The summed E-state index contributed by atoms with van der Waals surface area (Å²) in [6.07, 6.45) is 6.80. The maximum atomic E-state index is 6.19. The monoisotopic (exact) mass is 392 g/mol. The van der Waals surface area contributed by atoms with Gasteiger partial charge in [0.15, 0.2) is 5.82 Å². The molecule has 0 unspecified atom stereocenters. The highest BCUT2D eigenvalue weighted by atomic mass is 35.5. The average Bonchev–Trinajstić information content (AvgIpc) is 3.09. The van der Waals surface area contributed by atoms with Crippen molar-refractivity contribution >= 4 is 40.8 Å². The third-order valence-electron chi connectivity index (χ3n) is 5.17. The van der Waals surface area contributed by atoms with Crippen LogP contribution in [0.2, 0.25) is 5.02 Å². The average molecular weight is 393 g/mol. The summed E-state index contributed by atoms with van der Waals surface area (Å²) in [5.41, 5.74) is 12.3. The van der Waals surface area contributed by atoms with Crippen LogP contribution in [0.3, 0.4) is 0 Å². The van der Waals surface area contributed by atoms with E-state index < -0.39 is 0 Å². The van der Waals surface area contributed by atoms with Gasteiger partial charge < -0.3 is 21.1 Å². The number of rotatable bonds is 3. The number of pyridine rings is 1. The number of hydrogen-bond acceptors (Lipinski definition) is 8. The zero-order valence-corrected chi connectivity index (χ0v) is 15.9. The van der Waals surface area contributed by atoms with E-state index in [9.17, 15) is 0 Å². The molecule has 0 aliphatic carbocycles. The van der Waals surface area contributed by atoms with Gasteiger partial charge in [-0.3, -0.25) is 0 Å². The predicted octanol–water partition coefficient (Wildman–Crippen LogP) is 2.85. The summed E-state index contributed by atoms with van der Waals surface area (Å²) in [7, 11) is 0. The lowest BCUT2D eigenvalue weighted by Crippen LogP contribution is -2.41. The Balaban J connectivity index is 1.47. The summed E-state index contributed by atoms with van der Waals surface area (Å²) in [4.78, 5) is 16.0.